The molecule has 1 aliphatic rings. The number of allylic oxidation sites excluding steroid dienone is 2. The van der Waals surface area contributed by atoms with Crippen molar-refractivity contribution in [2.24, 2.45) is 5.41 Å². The van der Waals surface area contributed by atoms with E-state index in [2.05, 4.69) is 16.7 Å². The molecule has 7 nitrogen and oxygen atoms in total. The Labute approximate surface area is 150 Å². The summed E-state index contributed by atoms with van der Waals surface area (Å²) in [5, 5.41) is 21.5. The fourth-order valence-corrected chi connectivity index (χ4v) is 2.29. The standard InChI is InChI=1S/C10H9N3.C9H10O4/c1-2-9-3-5-10(6-4-9)13-8-11-7-12-13;1-9(8(12)13)4-2-3-6(5-9)7(10)11/h2-8H,1H2;2-4H,5H2,1H3,(H,10,11)(H,12,13). The van der Waals surface area contributed by atoms with Gasteiger partial charge in [-0.25, -0.2) is 14.5 Å². The second-order valence-electron chi connectivity index (χ2n) is 5.89. The molecule has 1 aliphatic carbocycles. The van der Waals surface area contributed by atoms with E-state index in [-0.39, 0.29) is 12.0 Å². The molecular formula is C19H19N3O4. The van der Waals surface area contributed by atoms with Crippen LogP contribution in [0.15, 0.2) is 67.3 Å². The summed E-state index contributed by atoms with van der Waals surface area (Å²) in [6, 6.07) is 7.94. The molecule has 134 valence electrons. The van der Waals surface area contributed by atoms with E-state index >= 15 is 0 Å². The molecule has 0 saturated heterocycles. The van der Waals surface area contributed by atoms with Crippen LogP contribution >= 0.6 is 0 Å². The second kappa shape index (κ2) is 8.06. The van der Waals surface area contributed by atoms with Crippen LogP contribution in [0.4, 0.5) is 0 Å². The summed E-state index contributed by atoms with van der Waals surface area (Å²) >= 11 is 0. The maximum absolute atomic E-state index is 10.8. The number of benzene rings is 1. The van der Waals surface area contributed by atoms with Gasteiger partial charge in [-0.15, -0.1) is 0 Å². The quantitative estimate of drug-likeness (QED) is 0.875. The Bertz CT molecular complexity index is 851. The fraction of sp³-hybridized carbons (Fsp3) is 0.158. The molecule has 0 bridgehead atoms. The number of carbonyl (C=O) groups is 2. The SMILES string of the molecule is C=Cc1ccc(-n2cncn2)cc1.CC1(C(=O)O)C=CC=C(C(=O)O)C1. The van der Waals surface area contributed by atoms with Gasteiger partial charge in [-0.1, -0.05) is 43.0 Å². The van der Waals surface area contributed by atoms with Crippen LogP contribution in [0.2, 0.25) is 0 Å². The first-order chi connectivity index (χ1) is 12.4. The average molecular weight is 353 g/mol. The first-order valence-electron chi connectivity index (χ1n) is 7.78. The van der Waals surface area contributed by atoms with Crippen LogP contribution in [-0.4, -0.2) is 36.9 Å². The number of rotatable bonds is 4. The van der Waals surface area contributed by atoms with Gasteiger partial charge in [0.2, 0.25) is 0 Å². The zero-order valence-corrected chi connectivity index (χ0v) is 14.2. The van der Waals surface area contributed by atoms with Crippen molar-refractivity contribution in [3.05, 3.63) is 72.9 Å². The van der Waals surface area contributed by atoms with Gasteiger partial charge < -0.3 is 10.2 Å². The molecule has 3 rings (SSSR count). The van der Waals surface area contributed by atoms with Gasteiger partial charge in [0.05, 0.1) is 11.1 Å². The third-order valence-corrected chi connectivity index (χ3v) is 3.89. The van der Waals surface area contributed by atoms with Gasteiger partial charge in [0.1, 0.15) is 12.7 Å². The first-order valence-corrected chi connectivity index (χ1v) is 7.78. The summed E-state index contributed by atoms with van der Waals surface area (Å²) in [4.78, 5) is 25.2. The van der Waals surface area contributed by atoms with Crippen molar-refractivity contribution >= 4 is 18.0 Å². The predicted octanol–water partition coefficient (Wildman–Crippen LogP) is 2.96. The van der Waals surface area contributed by atoms with Crippen molar-refractivity contribution < 1.29 is 19.8 Å². The average Bonchev–Trinajstić information content (AvgIpc) is 3.17. The van der Waals surface area contributed by atoms with Crippen molar-refractivity contribution in [3.63, 3.8) is 0 Å². The normalized spacial score (nSPS) is 18.3. The first kappa shape index (κ1) is 18.9. The number of carboxylic acid groups (broad SMARTS) is 2. The van der Waals surface area contributed by atoms with Crippen molar-refractivity contribution in [3.8, 4) is 5.69 Å². The minimum Gasteiger partial charge on any atom is -0.481 e. The molecule has 2 aromatic rings. The Morgan fingerprint density at radius 2 is 1.96 bits per heavy atom. The molecule has 1 unspecified atom stereocenters. The zero-order chi connectivity index (χ0) is 19.2. The fourth-order valence-electron chi connectivity index (χ4n) is 2.29. The lowest BCUT2D eigenvalue weighted by atomic mass is 9.80. The summed E-state index contributed by atoms with van der Waals surface area (Å²) in [7, 11) is 0. The summed E-state index contributed by atoms with van der Waals surface area (Å²) in [5.41, 5.74) is 1.15. The highest BCUT2D eigenvalue weighted by Crippen LogP contribution is 2.31. The smallest absolute Gasteiger partial charge is 0.331 e. The van der Waals surface area contributed by atoms with Crippen LogP contribution in [0.3, 0.4) is 0 Å². The third-order valence-electron chi connectivity index (χ3n) is 3.89. The highest BCUT2D eigenvalue weighted by molar-refractivity contribution is 5.90. The van der Waals surface area contributed by atoms with Crippen LogP contribution in [-0.2, 0) is 9.59 Å². The van der Waals surface area contributed by atoms with E-state index in [1.165, 1.54) is 31.5 Å². The number of hydrogen-bond donors (Lipinski definition) is 2. The molecule has 0 saturated carbocycles. The molecule has 1 heterocycles. The minimum absolute atomic E-state index is 0.0359. The van der Waals surface area contributed by atoms with E-state index in [1.807, 2.05) is 30.3 Å². The van der Waals surface area contributed by atoms with Gasteiger partial charge in [0.25, 0.3) is 0 Å². The van der Waals surface area contributed by atoms with E-state index in [1.54, 1.807) is 11.0 Å². The summed E-state index contributed by atoms with van der Waals surface area (Å²) in [6.07, 6.45) is 9.43. The maximum atomic E-state index is 10.8. The molecule has 2 N–H and O–H groups in total. The number of nitrogens with zero attached hydrogens (tertiary/aromatic N) is 3. The topological polar surface area (TPSA) is 105 Å². The van der Waals surface area contributed by atoms with Crippen LogP contribution in [0.1, 0.15) is 18.9 Å². The predicted molar refractivity (Wildman–Crippen MR) is 96.7 cm³/mol. The molecule has 26 heavy (non-hydrogen) atoms. The third kappa shape index (κ3) is 4.54. The van der Waals surface area contributed by atoms with Gasteiger partial charge >= 0.3 is 11.9 Å². The van der Waals surface area contributed by atoms with Crippen molar-refractivity contribution in [1.29, 1.82) is 0 Å². The Morgan fingerprint density at radius 1 is 1.27 bits per heavy atom. The molecule has 0 radical (unpaired) electrons. The van der Waals surface area contributed by atoms with Gasteiger partial charge in [-0.3, -0.25) is 4.79 Å². The number of aromatic nitrogens is 3. The minimum atomic E-state index is -1.08. The number of hydrogen-bond acceptors (Lipinski definition) is 4. The molecule has 1 aromatic heterocycles. The highest BCUT2D eigenvalue weighted by Gasteiger charge is 2.34. The van der Waals surface area contributed by atoms with Crippen molar-refractivity contribution in [2.45, 2.75) is 13.3 Å². The van der Waals surface area contributed by atoms with E-state index in [9.17, 15) is 9.59 Å². The van der Waals surface area contributed by atoms with Crippen molar-refractivity contribution in [1.82, 2.24) is 14.8 Å². The molecule has 1 atom stereocenters. The van der Waals surface area contributed by atoms with Crippen molar-refractivity contribution in [2.75, 3.05) is 0 Å². The van der Waals surface area contributed by atoms with Crippen LogP contribution in [0.5, 0.6) is 0 Å². The monoisotopic (exact) mass is 353 g/mol. The Morgan fingerprint density at radius 3 is 2.46 bits per heavy atom. The lowest BCUT2D eigenvalue weighted by molar-refractivity contribution is -0.145. The largest absolute Gasteiger partial charge is 0.481 e. The number of carboxylic acids is 2. The lowest BCUT2D eigenvalue weighted by Gasteiger charge is -2.23. The van der Waals surface area contributed by atoms with Gasteiger partial charge in [0, 0.05) is 5.57 Å². The molecule has 7 heteroatoms. The van der Waals surface area contributed by atoms with Crippen LogP contribution < -0.4 is 0 Å². The molecule has 1 aromatic carbocycles. The molecule has 0 aliphatic heterocycles. The Balaban J connectivity index is 0.000000187. The summed E-state index contributed by atoms with van der Waals surface area (Å²) in [6.45, 7) is 5.19. The van der Waals surface area contributed by atoms with E-state index < -0.39 is 17.4 Å². The Hall–Kier alpha value is -3.48. The van der Waals surface area contributed by atoms with Gasteiger partial charge in [0.15, 0.2) is 0 Å². The molecule has 0 fully saturated rings. The summed E-state index contributed by atoms with van der Waals surface area (Å²) < 4.78 is 1.72. The molecule has 0 spiro atoms. The van der Waals surface area contributed by atoms with Crippen LogP contribution in [0.25, 0.3) is 11.8 Å². The molecule has 0 amide bonds. The zero-order valence-electron chi connectivity index (χ0n) is 14.2. The van der Waals surface area contributed by atoms with Gasteiger partial charge in [-0.05, 0) is 31.0 Å². The lowest BCUT2D eigenvalue weighted by Crippen LogP contribution is -2.28. The van der Waals surface area contributed by atoms with Gasteiger partial charge in [-0.2, -0.15) is 5.10 Å². The maximum Gasteiger partial charge on any atom is 0.331 e. The van der Waals surface area contributed by atoms with Crippen LogP contribution in [0, 0.1) is 5.41 Å². The Kier molecular flexibility index (Phi) is 5.85. The van der Waals surface area contributed by atoms with E-state index in [4.69, 9.17) is 10.2 Å². The van der Waals surface area contributed by atoms with E-state index in [0.717, 1.165) is 11.3 Å². The second-order valence-corrected chi connectivity index (χ2v) is 5.89. The highest BCUT2D eigenvalue weighted by atomic mass is 16.4. The number of aliphatic carboxylic acids is 2. The molecular weight excluding hydrogens is 334 g/mol. The van der Waals surface area contributed by atoms with E-state index in [0.29, 0.717) is 0 Å². The summed E-state index contributed by atoms with van der Waals surface area (Å²) in [5.74, 6) is -2.06.